The van der Waals surface area contributed by atoms with Gasteiger partial charge in [0.2, 0.25) is 0 Å². The van der Waals surface area contributed by atoms with Crippen molar-refractivity contribution in [3.63, 3.8) is 0 Å². The van der Waals surface area contributed by atoms with Crippen molar-refractivity contribution in [3.8, 4) is 5.75 Å². The minimum Gasteiger partial charge on any atom is -0.497 e. The van der Waals surface area contributed by atoms with Crippen molar-refractivity contribution in [1.29, 1.82) is 0 Å². The molecule has 1 rings (SSSR count). The van der Waals surface area contributed by atoms with Gasteiger partial charge in [0, 0.05) is 4.47 Å². The van der Waals surface area contributed by atoms with Gasteiger partial charge in [0.15, 0.2) is 0 Å². The Bertz CT molecular complexity index is 330. The van der Waals surface area contributed by atoms with Crippen LogP contribution in [0.3, 0.4) is 0 Å². The zero-order valence-corrected chi connectivity index (χ0v) is 11.6. The molecule has 4 heteroatoms. The first kappa shape index (κ1) is 11.3. The number of benzene rings is 1. The van der Waals surface area contributed by atoms with E-state index >= 15 is 0 Å². The normalized spacial score (nSPS) is 9.54. The quantitative estimate of drug-likeness (QED) is 0.742. The van der Waals surface area contributed by atoms with Crippen LogP contribution >= 0.6 is 47.8 Å². The van der Waals surface area contributed by atoms with E-state index in [2.05, 4.69) is 47.8 Å². The van der Waals surface area contributed by atoms with Crippen LogP contribution in [0.4, 0.5) is 0 Å². The molecule has 0 heterocycles. The lowest BCUT2D eigenvalue weighted by Gasteiger charge is -2.03. The molecule has 0 saturated carbocycles. The predicted octanol–water partition coefficient (Wildman–Crippen LogP) is 4.55. The first-order chi connectivity index (χ1) is 6.13. The Balaban J connectivity index is 3.11. The van der Waals surface area contributed by atoms with Gasteiger partial charge in [-0.3, -0.25) is 0 Å². The van der Waals surface area contributed by atoms with Crippen molar-refractivity contribution < 1.29 is 4.74 Å². The number of hydrogen-bond acceptors (Lipinski definition) is 1. The molecule has 0 N–H and O–H groups in total. The van der Waals surface area contributed by atoms with Crippen molar-refractivity contribution in [2.75, 3.05) is 7.11 Å². The lowest BCUT2D eigenvalue weighted by atomic mass is 10.2. The van der Waals surface area contributed by atoms with Crippen molar-refractivity contribution in [2.45, 2.75) is 0 Å². The van der Waals surface area contributed by atoms with Gasteiger partial charge in [-0.1, -0.05) is 15.9 Å². The van der Waals surface area contributed by atoms with E-state index in [4.69, 9.17) is 4.74 Å². The largest absolute Gasteiger partial charge is 0.497 e. The zero-order valence-electron chi connectivity index (χ0n) is 6.85. The first-order valence-electron chi connectivity index (χ1n) is 3.49. The topological polar surface area (TPSA) is 9.23 Å². The maximum absolute atomic E-state index is 5.11. The number of halogens is 3. The fraction of sp³-hybridized carbons (Fsp3) is 0.111. The molecule has 0 unspecified atom stereocenters. The monoisotopic (exact) mass is 368 g/mol. The van der Waals surface area contributed by atoms with Gasteiger partial charge >= 0.3 is 0 Å². The number of hydrogen-bond donors (Lipinski definition) is 0. The van der Waals surface area contributed by atoms with Crippen molar-refractivity contribution in [3.05, 3.63) is 31.6 Å². The summed E-state index contributed by atoms with van der Waals surface area (Å²) >= 11 is 10.1. The summed E-state index contributed by atoms with van der Waals surface area (Å²) in [7, 11) is 1.65. The molecular weight excluding hydrogens is 364 g/mol. The zero-order chi connectivity index (χ0) is 9.84. The minimum absolute atomic E-state index is 0.843. The van der Waals surface area contributed by atoms with Crippen molar-refractivity contribution >= 4 is 53.9 Å². The SMILES string of the molecule is COc1ccc(Br)c(C=C(Br)Br)c1. The Morgan fingerprint density at radius 1 is 1.38 bits per heavy atom. The number of ether oxygens (including phenoxy) is 1. The Morgan fingerprint density at radius 2 is 2.08 bits per heavy atom. The molecule has 0 aromatic heterocycles. The van der Waals surface area contributed by atoms with Gasteiger partial charge in [0.25, 0.3) is 0 Å². The van der Waals surface area contributed by atoms with E-state index in [1.165, 1.54) is 0 Å². The maximum atomic E-state index is 5.11. The van der Waals surface area contributed by atoms with E-state index in [1.54, 1.807) is 7.11 Å². The van der Waals surface area contributed by atoms with E-state index in [0.29, 0.717) is 0 Å². The van der Waals surface area contributed by atoms with Crippen LogP contribution in [0.25, 0.3) is 6.08 Å². The number of rotatable bonds is 2. The molecule has 0 spiro atoms. The van der Waals surface area contributed by atoms with Gasteiger partial charge in [-0.15, -0.1) is 0 Å². The molecule has 0 aliphatic heterocycles. The maximum Gasteiger partial charge on any atom is 0.119 e. The van der Waals surface area contributed by atoms with Crippen molar-refractivity contribution in [2.24, 2.45) is 0 Å². The summed E-state index contributed by atoms with van der Waals surface area (Å²) in [4.78, 5) is 0. The van der Waals surface area contributed by atoms with E-state index in [0.717, 1.165) is 19.2 Å². The summed E-state index contributed by atoms with van der Waals surface area (Å²) in [6.07, 6.45) is 1.95. The predicted molar refractivity (Wildman–Crippen MR) is 66.5 cm³/mol. The highest BCUT2D eigenvalue weighted by molar-refractivity contribution is 9.28. The van der Waals surface area contributed by atoms with Gasteiger partial charge in [0.1, 0.15) is 5.75 Å². The summed E-state index contributed by atoms with van der Waals surface area (Å²) in [6.45, 7) is 0. The third kappa shape index (κ3) is 3.44. The van der Waals surface area contributed by atoms with E-state index < -0.39 is 0 Å². The van der Waals surface area contributed by atoms with Gasteiger partial charge in [-0.25, -0.2) is 0 Å². The molecule has 13 heavy (non-hydrogen) atoms. The summed E-state index contributed by atoms with van der Waals surface area (Å²) in [5, 5.41) is 0. The van der Waals surface area contributed by atoms with Crippen LogP contribution in [0.5, 0.6) is 5.75 Å². The average molecular weight is 371 g/mol. The molecule has 0 bridgehead atoms. The van der Waals surface area contributed by atoms with Gasteiger partial charge in [0.05, 0.1) is 10.5 Å². The first-order valence-corrected chi connectivity index (χ1v) is 5.87. The van der Waals surface area contributed by atoms with Crippen LogP contribution in [0.1, 0.15) is 5.56 Å². The summed E-state index contributed by atoms with van der Waals surface area (Å²) in [6, 6.07) is 5.81. The van der Waals surface area contributed by atoms with E-state index in [9.17, 15) is 0 Å². The van der Waals surface area contributed by atoms with Crippen LogP contribution in [-0.2, 0) is 0 Å². The fourth-order valence-electron chi connectivity index (χ4n) is 0.877. The van der Waals surface area contributed by atoms with Crippen LogP contribution in [0, 0.1) is 0 Å². The van der Waals surface area contributed by atoms with E-state index in [-0.39, 0.29) is 0 Å². The summed E-state index contributed by atoms with van der Waals surface area (Å²) in [5.74, 6) is 0.843. The van der Waals surface area contributed by atoms with E-state index in [1.807, 2.05) is 24.3 Å². The molecule has 0 saturated heterocycles. The molecule has 0 aliphatic rings. The van der Waals surface area contributed by atoms with Crippen LogP contribution in [-0.4, -0.2) is 7.11 Å². The molecule has 0 amide bonds. The van der Waals surface area contributed by atoms with Gasteiger partial charge in [-0.2, -0.15) is 0 Å². The standard InChI is InChI=1S/C9H7Br3O/c1-13-7-2-3-8(10)6(4-7)5-9(11)12/h2-5H,1H3. The summed E-state index contributed by atoms with van der Waals surface area (Å²) < 4.78 is 7.04. The second kappa shape index (κ2) is 5.17. The Labute approximate surface area is 103 Å². The molecule has 0 radical (unpaired) electrons. The molecule has 1 aromatic carbocycles. The van der Waals surface area contributed by atoms with Gasteiger partial charge in [-0.05, 0) is 61.7 Å². The highest BCUT2D eigenvalue weighted by Gasteiger charge is 1.99. The molecule has 1 nitrogen and oxygen atoms in total. The minimum atomic E-state index is 0.843. The van der Waals surface area contributed by atoms with Crippen LogP contribution in [0.15, 0.2) is 26.1 Å². The Kier molecular flexibility index (Phi) is 4.49. The lowest BCUT2D eigenvalue weighted by molar-refractivity contribution is 0.414. The van der Waals surface area contributed by atoms with Crippen LogP contribution < -0.4 is 4.74 Å². The highest BCUT2D eigenvalue weighted by Crippen LogP contribution is 2.27. The molecule has 0 aliphatic carbocycles. The number of methoxy groups -OCH3 is 1. The van der Waals surface area contributed by atoms with Crippen molar-refractivity contribution in [1.82, 2.24) is 0 Å². The second-order valence-electron chi connectivity index (χ2n) is 2.32. The third-order valence-corrected chi connectivity index (χ3v) is 2.65. The lowest BCUT2D eigenvalue weighted by Crippen LogP contribution is -1.83. The molecule has 1 aromatic rings. The Hall–Kier alpha value is 0.200. The summed E-state index contributed by atoms with van der Waals surface area (Å²) in [5.41, 5.74) is 1.06. The fourth-order valence-corrected chi connectivity index (χ4v) is 1.73. The van der Waals surface area contributed by atoms with Gasteiger partial charge < -0.3 is 4.74 Å². The second-order valence-corrected chi connectivity index (χ2v) is 5.95. The highest BCUT2D eigenvalue weighted by atomic mass is 79.9. The average Bonchev–Trinajstić information content (AvgIpc) is 2.08. The molecule has 0 atom stereocenters. The molecule has 70 valence electrons. The third-order valence-electron chi connectivity index (χ3n) is 1.47. The molecule has 0 fully saturated rings. The Morgan fingerprint density at radius 3 is 2.62 bits per heavy atom. The van der Waals surface area contributed by atoms with Crippen LogP contribution in [0.2, 0.25) is 0 Å². The molecular formula is C9H7Br3O. The smallest absolute Gasteiger partial charge is 0.119 e.